The van der Waals surface area contributed by atoms with Crippen molar-refractivity contribution in [3.8, 4) is 0 Å². The summed E-state index contributed by atoms with van der Waals surface area (Å²) in [6.45, 7) is 28.4. The summed E-state index contributed by atoms with van der Waals surface area (Å²) in [5.74, 6) is 0. The number of para-hydroxylation sites is 3. The minimum atomic E-state index is -0.168. The molecule has 0 saturated heterocycles. The van der Waals surface area contributed by atoms with E-state index >= 15 is 0 Å². The summed E-state index contributed by atoms with van der Waals surface area (Å²) in [5, 5.41) is 2.48. The molecular weight excluding hydrogens is 798 g/mol. The molecule has 0 saturated carbocycles. The summed E-state index contributed by atoms with van der Waals surface area (Å²) >= 11 is 0. The van der Waals surface area contributed by atoms with E-state index in [1.807, 2.05) is 0 Å². The number of hydrogen-bond donors (Lipinski definition) is 0. The summed E-state index contributed by atoms with van der Waals surface area (Å²) < 4.78 is 0. The number of fused-ring (bicyclic) bond motifs is 6. The molecule has 10 rings (SSSR count). The van der Waals surface area contributed by atoms with Crippen molar-refractivity contribution in [3.63, 3.8) is 0 Å². The van der Waals surface area contributed by atoms with Crippen LogP contribution in [0.1, 0.15) is 105 Å². The maximum Gasteiger partial charge on any atom is 0.252 e. The quantitative estimate of drug-likeness (QED) is 0.160. The van der Waals surface area contributed by atoms with Crippen molar-refractivity contribution in [2.75, 3.05) is 14.7 Å². The number of benzene rings is 8. The van der Waals surface area contributed by atoms with Gasteiger partial charge in [0.2, 0.25) is 0 Å². The first-order valence-electron chi connectivity index (χ1n) is 23.9. The van der Waals surface area contributed by atoms with Crippen LogP contribution >= 0.6 is 0 Å². The van der Waals surface area contributed by atoms with Crippen molar-refractivity contribution in [1.29, 1.82) is 0 Å². The van der Waals surface area contributed by atoms with E-state index in [4.69, 9.17) is 0 Å². The van der Waals surface area contributed by atoms with E-state index in [2.05, 4.69) is 268 Å². The largest absolute Gasteiger partial charge is 0.311 e. The van der Waals surface area contributed by atoms with Crippen LogP contribution in [0.15, 0.2) is 170 Å². The summed E-state index contributed by atoms with van der Waals surface area (Å²) in [7, 11) is 0. The SMILES string of the molecule is CC(C)(C)c1cc(N2c3cccc4c3B(c3cc(C(C)(C)C)cc(C(C)(C)C)c32)c2c(cc(N(c3ccccc3)c3ccccc3)c3ccccc23)N4c2ccccc2)cc(C(C)(C)C)c1. The van der Waals surface area contributed by atoms with Crippen LogP contribution in [-0.4, -0.2) is 6.71 Å². The van der Waals surface area contributed by atoms with Crippen LogP contribution in [0.25, 0.3) is 10.8 Å². The van der Waals surface area contributed by atoms with Crippen molar-refractivity contribution in [3.05, 3.63) is 192 Å². The summed E-state index contributed by atoms with van der Waals surface area (Å²) in [4.78, 5) is 7.67. The fourth-order valence-corrected chi connectivity index (χ4v) is 10.4. The fraction of sp³-hybridized carbons (Fsp3) is 0.258. The number of nitrogens with zero attached hydrogens (tertiary/aromatic N) is 3. The molecule has 0 fully saturated rings. The molecule has 8 aromatic rings. The van der Waals surface area contributed by atoms with E-state index in [1.54, 1.807) is 0 Å². The molecule has 3 nitrogen and oxygen atoms in total. The Hall–Kier alpha value is -6.52. The van der Waals surface area contributed by atoms with Crippen LogP contribution in [0.4, 0.5) is 51.2 Å². The topological polar surface area (TPSA) is 9.72 Å². The van der Waals surface area contributed by atoms with Crippen LogP contribution in [-0.2, 0) is 21.7 Å². The Morgan fingerprint density at radius 3 is 1.39 bits per heavy atom. The first-order valence-corrected chi connectivity index (χ1v) is 23.9. The molecule has 0 bridgehead atoms. The molecular formula is C62H64BN3. The van der Waals surface area contributed by atoms with Crippen molar-refractivity contribution < 1.29 is 0 Å². The zero-order chi connectivity index (χ0) is 46.5. The van der Waals surface area contributed by atoms with Crippen molar-refractivity contribution in [1.82, 2.24) is 0 Å². The first kappa shape index (κ1) is 43.4. The van der Waals surface area contributed by atoms with Crippen LogP contribution in [0.2, 0.25) is 0 Å². The van der Waals surface area contributed by atoms with Crippen molar-refractivity contribution in [2.24, 2.45) is 0 Å². The second-order valence-corrected chi connectivity index (χ2v) is 22.8. The van der Waals surface area contributed by atoms with E-state index in [0.717, 1.165) is 22.7 Å². The monoisotopic (exact) mass is 862 g/mol. The van der Waals surface area contributed by atoms with Gasteiger partial charge in [-0.05, 0) is 132 Å². The van der Waals surface area contributed by atoms with Gasteiger partial charge in [-0.2, -0.15) is 0 Å². The zero-order valence-electron chi connectivity index (χ0n) is 41.1. The smallest absolute Gasteiger partial charge is 0.252 e. The molecule has 0 spiro atoms. The molecule has 330 valence electrons. The molecule has 2 aliphatic heterocycles. The highest BCUT2D eigenvalue weighted by atomic mass is 15.2. The lowest BCUT2D eigenvalue weighted by atomic mass is 9.32. The van der Waals surface area contributed by atoms with E-state index in [0.29, 0.717) is 0 Å². The number of rotatable bonds is 5. The third-order valence-electron chi connectivity index (χ3n) is 13.9. The Bertz CT molecular complexity index is 3050. The summed E-state index contributed by atoms with van der Waals surface area (Å²) in [5.41, 5.74) is 19.8. The zero-order valence-corrected chi connectivity index (χ0v) is 41.1. The molecule has 2 heterocycles. The van der Waals surface area contributed by atoms with Gasteiger partial charge in [0.1, 0.15) is 0 Å². The molecule has 2 aliphatic rings. The Balaban J connectivity index is 1.39. The molecule has 0 N–H and O–H groups in total. The second-order valence-electron chi connectivity index (χ2n) is 22.8. The van der Waals surface area contributed by atoms with Gasteiger partial charge in [-0.1, -0.05) is 186 Å². The standard InChI is InChI=1S/C62H64BN3/c1-59(2,3)41-35-42(60(4,5)6)37-47(36-41)66-53-34-24-33-52-57(53)63(51-39-43(61(7,8)9)38-50(58(51)66)62(10,11)12)56-49-32-23-22-31-48(49)54(40-55(56)65(52)46-29-20-15-21-30-46)64(44-25-16-13-17-26-44)45-27-18-14-19-28-45/h13-40H,1-12H3. The minimum Gasteiger partial charge on any atom is -0.311 e. The lowest BCUT2D eigenvalue weighted by Gasteiger charge is -2.47. The average molecular weight is 862 g/mol. The van der Waals surface area contributed by atoms with E-state index in [1.165, 1.54) is 77.9 Å². The molecule has 0 aliphatic carbocycles. The molecule has 0 radical (unpaired) electrons. The highest BCUT2D eigenvalue weighted by Crippen LogP contribution is 2.51. The predicted molar refractivity (Wildman–Crippen MR) is 287 cm³/mol. The number of anilines is 9. The van der Waals surface area contributed by atoms with Gasteiger partial charge in [0.25, 0.3) is 6.71 Å². The van der Waals surface area contributed by atoms with E-state index < -0.39 is 0 Å². The molecule has 0 atom stereocenters. The minimum absolute atomic E-state index is 0.0523. The van der Waals surface area contributed by atoms with Gasteiger partial charge in [-0.3, -0.25) is 0 Å². The third kappa shape index (κ3) is 7.30. The average Bonchev–Trinajstić information content (AvgIpc) is 3.28. The maximum atomic E-state index is 2.67. The normalized spacial score (nSPS) is 13.7. The molecule has 4 heteroatoms. The second kappa shape index (κ2) is 15.5. The molecule has 66 heavy (non-hydrogen) atoms. The van der Waals surface area contributed by atoms with Gasteiger partial charge < -0.3 is 14.7 Å². The van der Waals surface area contributed by atoms with Crippen molar-refractivity contribution >= 4 is 85.1 Å². The van der Waals surface area contributed by atoms with Crippen molar-refractivity contribution in [2.45, 2.75) is 105 Å². The molecule has 0 aromatic heterocycles. The lowest BCUT2D eigenvalue weighted by molar-refractivity contribution is 0.567. The Labute approximate surface area is 394 Å². The highest BCUT2D eigenvalue weighted by Gasteiger charge is 2.47. The van der Waals surface area contributed by atoms with Gasteiger partial charge >= 0.3 is 0 Å². The fourth-order valence-electron chi connectivity index (χ4n) is 10.4. The summed E-state index contributed by atoms with van der Waals surface area (Å²) in [6, 6.07) is 64.0. The van der Waals surface area contributed by atoms with Crippen LogP contribution in [0.3, 0.4) is 0 Å². The number of hydrogen-bond acceptors (Lipinski definition) is 3. The van der Waals surface area contributed by atoms with Gasteiger partial charge in [0, 0.05) is 50.9 Å². The molecule has 8 aromatic carbocycles. The Morgan fingerprint density at radius 2 is 0.864 bits per heavy atom. The van der Waals surface area contributed by atoms with E-state index in [-0.39, 0.29) is 28.4 Å². The van der Waals surface area contributed by atoms with Crippen LogP contribution < -0.4 is 31.1 Å². The molecule has 0 amide bonds. The predicted octanol–water partition coefficient (Wildman–Crippen LogP) is 15.6. The Kier molecular flexibility index (Phi) is 10.2. The highest BCUT2D eigenvalue weighted by molar-refractivity contribution is 7.01. The van der Waals surface area contributed by atoms with Crippen LogP contribution in [0, 0.1) is 0 Å². The van der Waals surface area contributed by atoms with Gasteiger partial charge in [0.05, 0.1) is 5.69 Å². The van der Waals surface area contributed by atoms with Crippen LogP contribution in [0.5, 0.6) is 0 Å². The molecule has 0 unspecified atom stereocenters. The lowest BCUT2D eigenvalue weighted by Crippen LogP contribution is -2.62. The third-order valence-corrected chi connectivity index (χ3v) is 13.9. The maximum absolute atomic E-state index is 2.67. The summed E-state index contributed by atoms with van der Waals surface area (Å²) in [6.07, 6.45) is 0. The van der Waals surface area contributed by atoms with Gasteiger partial charge in [-0.25, -0.2) is 0 Å². The first-order chi connectivity index (χ1) is 31.3. The van der Waals surface area contributed by atoms with E-state index in [9.17, 15) is 0 Å². The van der Waals surface area contributed by atoms with Gasteiger partial charge in [-0.15, -0.1) is 0 Å². The Morgan fingerprint density at radius 1 is 0.379 bits per heavy atom. The van der Waals surface area contributed by atoms with Gasteiger partial charge in [0.15, 0.2) is 0 Å².